The summed E-state index contributed by atoms with van der Waals surface area (Å²) < 4.78 is 0. The van der Waals surface area contributed by atoms with Crippen LogP contribution in [0.2, 0.25) is 0 Å². The van der Waals surface area contributed by atoms with Gasteiger partial charge in [0.2, 0.25) is 0 Å². The Morgan fingerprint density at radius 3 is 2.25 bits per heavy atom. The molecule has 1 aliphatic heterocycles. The van der Waals surface area contributed by atoms with E-state index in [2.05, 4.69) is 44.0 Å². The molecule has 3 heteroatoms. The summed E-state index contributed by atoms with van der Waals surface area (Å²) in [4.78, 5) is 2.61. The standard InChI is InChI=1S/C13H28N2P/c1-13(2,3)14-12(16(4)5)11-15-9-7-6-8-10-15/h12,14H,4,6-11H2,1-3,5H3/q+1. The first-order valence-corrected chi connectivity index (χ1v) is 8.46. The first-order chi connectivity index (χ1) is 7.38. The van der Waals surface area contributed by atoms with Crippen molar-refractivity contribution in [1.29, 1.82) is 0 Å². The van der Waals surface area contributed by atoms with Gasteiger partial charge < -0.3 is 0 Å². The van der Waals surface area contributed by atoms with Crippen LogP contribution in [0.4, 0.5) is 0 Å². The fourth-order valence-electron chi connectivity index (χ4n) is 2.18. The maximum atomic E-state index is 4.26. The Bertz CT molecular complexity index is 227. The molecule has 2 atom stereocenters. The molecule has 2 unspecified atom stereocenters. The normalized spacial score (nSPS) is 21.9. The third-order valence-corrected chi connectivity index (χ3v) is 4.37. The fourth-order valence-corrected chi connectivity index (χ4v) is 3.30. The smallest absolute Gasteiger partial charge is 0.179 e. The van der Waals surface area contributed by atoms with Crippen LogP contribution < -0.4 is 5.32 Å². The van der Waals surface area contributed by atoms with Gasteiger partial charge in [0.25, 0.3) is 0 Å². The van der Waals surface area contributed by atoms with Gasteiger partial charge in [-0.3, -0.25) is 10.2 Å². The minimum atomic E-state index is -0.156. The number of hydrogen-bond acceptors (Lipinski definition) is 2. The maximum Gasteiger partial charge on any atom is 0.179 e. The molecule has 1 saturated heterocycles. The van der Waals surface area contributed by atoms with Gasteiger partial charge in [-0.15, -0.1) is 0 Å². The summed E-state index contributed by atoms with van der Waals surface area (Å²) in [6, 6.07) is 0. The predicted molar refractivity (Wildman–Crippen MR) is 76.9 cm³/mol. The van der Waals surface area contributed by atoms with Crippen molar-refractivity contribution >= 4 is 13.8 Å². The molecule has 94 valence electrons. The highest BCUT2D eigenvalue weighted by atomic mass is 31.1. The van der Waals surface area contributed by atoms with Gasteiger partial charge in [-0.05, 0) is 46.7 Å². The van der Waals surface area contributed by atoms with Crippen molar-refractivity contribution in [3.63, 3.8) is 0 Å². The molecule has 0 aromatic heterocycles. The summed E-state index contributed by atoms with van der Waals surface area (Å²) in [5.74, 6) is 0.577. The van der Waals surface area contributed by atoms with Crippen molar-refractivity contribution in [2.45, 2.75) is 51.4 Å². The largest absolute Gasteiger partial charge is 0.298 e. The van der Waals surface area contributed by atoms with Crippen LogP contribution in [-0.2, 0) is 0 Å². The molecule has 0 spiro atoms. The monoisotopic (exact) mass is 243 g/mol. The molecule has 1 rings (SSSR count). The average Bonchev–Trinajstić information content (AvgIpc) is 2.16. The Kier molecular flexibility index (Phi) is 5.43. The third-order valence-electron chi connectivity index (χ3n) is 3.01. The van der Waals surface area contributed by atoms with Gasteiger partial charge in [-0.1, -0.05) is 6.42 Å². The fraction of sp³-hybridized carbons (Fsp3) is 0.923. The lowest BCUT2D eigenvalue weighted by Crippen LogP contribution is -2.48. The SMILES string of the molecule is C=[P+](C)C(CN1CCCCC1)NC(C)(C)C. The molecule has 0 bridgehead atoms. The van der Waals surface area contributed by atoms with Gasteiger partial charge in [0.1, 0.15) is 7.55 Å². The van der Waals surface area contributed by atoms with Crippen molar-refractivity contribution in [2.75, 3.05) is 26.3 Å². The van der Waals surface area contributed by atoms with Crippen LogP contribution in [0.5, 0.6) is 0 Å². The van der Waals surface area contributed by atoms with Gasteiger partial charge in [-0.2, -0.15) is 0 Å². The average molecular weight is 243 g/mol. The number of hydrogen-bond donors (Lipinski definition) is 1. The van der Waals surface area contributed by atoms with Gasteiger partial charge in [0.15, 0.2) is 5.78 Å². The Hall–Kier alpha value is 0.0900. The van der Waals surface area contributed by atoms with E-state index in [1.165, 1.54) is 38.9 Å². The quantitative estimate of drug-likeness (QED) is 0.764. The number of piperidine rings is 1. The zero-order valence-corrected chi connectivity index (χ0v) is 12.3. The molecule has 16 heavy (non-hydrogen) atoms. The molecule has 1 heterocycles. The van der Waals surface area contributed by atoms with E-state index < -0.39 is 0 Å². The lowest BCUT2D eigenvalue weighted by atomic mass is 10.1. The van der Waals surface area contributed by atoms with E-state index >= 15 is 0 Å². The Balaban J connectivity index is 2.47. The van der Waals surface area contributed by atoms with E-state index in [9.17, 15) is 0 Å². The Morgan fingerprint density at radius 2 is 1.81 bits per heavy atom. The van der Waals surface area contributed by atoms with Gasteiger partial charge in [0.05, 0.1) is 19.5 Å². The summed E-state index contributed by atoms with van der Waals surface area (Å²) in [6.45, 7) is 12.8. The maximum absolute atomic E-state index is 4.26. The van der Waals surface area contributed by atoms with E-state index in [0.717, 1.165) is 0 Å². The van der Waals surface area contributed by atoms with E-state index in [1.54, 1.807) is 0 Å². The molecule has 0 aromatic carbocycles. The van der Waals surface area contributed by atoms with Crippen LogP contribution in [-0.4, -0.2) is 48.8 Å². The lowest BCUT2D eigenvalue weighted by Gasteiger charge is -2.31. The second-order valence-electron chi connectivity index (χ2n) is 6.03. The minimum Gasteiger partial charge on any atom is -0.298 e. The van der Waals surface area contributed by atoms with Crippen molar-refractivity contribution in [3.8, 4) is 0 Å². The van der Waals surface area contributed by atoms with Crippen LogP contribution in [0, 0.1) is 0 Å². The molecule has 0 aliphatic carbocycles. The zero-order valence-electron chi connectivity index (χ0n) is 11.4. The van der Waals surface area contributed by atoms with Crippen LogP contribution in [0.1, 0.15) is 40.0 Å². The first kappa shape index (κ1) is 14.2. The molecule has 1 fully saturated rings. The topological polar surface area (TPSA) is 15.3 Å². The molecule has 1 aliphatic rings. The Labute approximate surface area is 102 Å². The summed E-state index contributed by atoms with van der Waals surface area (Å²) in [5.41, 5.74) is 0.203. The molecule has 1 N–H and O–H groups in total. The summed E-state index contributed by atoms with van der Waals surface area (Å²) in [6.07, 6.45) is 8.43. The van der Waals surface area contributed by atoms with Crippen molar-refractivity contribution < 1.29 is 0 Å². The minimum absolute atomic E-state index is 0.156. The second kappa shape index (κ2) is 6.14. The van der Waals surface area contributed by atoms with Gasteiger partial charge in [0, 0.05) is 5.54 Å². The van der Waals surface area contributed by atoms with Crippen molar-refractivity contribution in [1.82, 2.24) is 10.2 Å². The predicted octanol–water partition coefficient (Wildman–Crippen LogP) is 2.73. The third kappa shape index (κ3) is 5.43. The molecule has 0 radical (unpaired) electrons. The van der Waals surface area contributed by atoms with Crippen molar-refractivity contribution in [3.05, 3.63) is 0 Å². The Morgan fingerprint density at radius 1 is 1.25 bits per heavy atom. The number of nitrogens with one attached hydrogen (secondary N) is 1. The highest BCUT2D eigenvalue weighted by molar-refractivity contribution is 7.55. The van der Waals surface area contributed by atoms with Crippen LogP contribution in [0.25, 0.3) is 0 Å². The summed E-state index contributed by atoms with van der Waals surface area (Å²) >= 11 is 0. The first-order valence-electron chi connectivity index (χ1n) is 6.42. The van der Waals surface area contributed by atoms with Crippen LogP contribution in [0.3, 0.4) is 0 Å². The van der Waals surface area contributed by atoms with E-state index in [0.29, 0.717) is 5.78 Å². The molecule has 2 nitrogen and oxygen atoms in total. The van der Waals surface area contributed by atoms with Crippen LogP contribution >= 0.6 is 7.55 Å². The highest BCUT2D eigenvalue weighted by Crippen LogP contribution is 2.24. The highest BCUT2D eigenvalue weighted by Gasteiger charge is 2.27. The van der Waals surface area contributed by atoms with Crippen molar-refractivity contribution in [2.24, 2.45) is 0 Å². The van der Waals surface area contributed by atoms with E-state index in [1.807, 2.05) is 0 Å². The number of rotatable bonds is 4. The van der Waals surface area contributed by atoms with Gasteiger partial charge in [-0.25, -0.2) is 0 Å². The van der Waals surface area contributed by atoms with Gasteiger partial charge >= 0.3 is 0 Å². The molecular weight excluding hydrogens is 215 g/mol. The number of likely N-dealkylation sites (tertiary alicyclic amines) is 1. The second-order valence-corrected chi connectivity index (χ2v) is 8.17. The summed E-state index contributed by atoms with van der Waals surface area (Å²) in [7, 11) is -0.156. The summed E-state index contributed by atoms with van der Waals surface area (Å²) in [5, 5.41) is 3.73. The molecule has 0 aromatic rings. The van der Waals surface area contributed by atoms with E-state index in [-0.39, 0.29) is 13.1 Å². The molecule has 0 amide bonds. The zero-order chi connectivity index (χ0) is 12.2. The lowest BCUT2D eigenvalue weighted by molar-refractivity contribution is 0.214. The molecule has 0 saturated carbocycles. The van der Waals surface area contributed by atoms with Crippen LogP contribution in [0.15, 0.2) is 0 Å². The van der Waals surface area contributed by atoms with E-state index in [4.69, 9.17) is 0 Å². The number of nitrogens with zero attached hydrogens (tertiary/aromatic N) is 1. The molecular formula is C13H28N2P+.